The van der Waals surface area contributed by atoms with Crippen LogP contribution in [0.1, 0.15) is 110 Å². The van der Waals surface area contributed by atoms with E-state index in [0.29, 0.717) is 0 Å². The lowest BCUT2D eigenvalue weighted by molar-refractivity contribution is 0.469. The number of hydrogen-bond donors (Lipinski definition) is 0. The summed E-state index contributed by atoms with van der Waals surface area (Å²) in [6.45, 7) is 31.1. The fourth-order valence-corrected chi connectivity index (χ4v) is 1.89. The maximum absolute atomic E-state index is 2.26. The Morgan fingerprint density at radius 3 is 0.409 bits per heavy atom. The molecule has 0 amide bonds. The van der Waals surface area contributed by atoms with Crippen molar-refractivity contribution in [2.45, 2.75) is 110 Å². The van der Waals surface area contributed by atoms with Crippen LogP contribution in [0.3, 0.4) is 0 Å². The lowest BCUT2D eigenvalue weighted by Gasteiger charge is -2.05. The lowest BCUT2D eigenvalue weighted by Crippen LogP contribution is -1.93. The van der Waals surface area contributed by atoms with Gasteiger partial charge in [0.15, 0.2) is 0 Å². The third-order valence-electron chi connectivity index (χ3n) is 1.89. The SMILES string of the molecule is CC(C)C.CC(C)C.CC(C)CC(C)C.CC(C)CC(C)C. The van der Waals surface area contributed by atoms with Gasteiger partial charge in [0, 0.05) is 0 Å². The van der Waals surface area contributed by atoms with Crippen molar-refractivity contribution < 1.29 is 0 Å². The molecule has 0 aliphatic carbocycles. The molecule has 0 saturated carbocycles. The predicted molar refractivity (Wildman–Crippen MR) is 110 cm³/mol. The molecular formula is C22H52. The van der Waals surface area contributed by atoms with E-state index in [1.54, 1.807) is 0 Å². The summed E-state index contributed by atoms with van der Waals surface area (Å²) in [4.78, 5) is 0. The highest BCUT2D eigenvalue weighted by Gasteiger charge is 1.96. The van der Waals surface area contributed by atoms with Crippen molar-refractivity contribution in [2.24, 2.45) is 35.5 Å². The summed E-state index contributed by atoms with van der Waals surface area (Å²) in [5, 5.41) is 0. The first-order chi connectivity index (χ1) is 9.72. The van der Waals surface area contributed by atoms with Gasteiger partial charge in [0.05, 0.1) is 0 Å². The summed E-state index contributed by atoms with van der Waals surface area (Å²) < 4.78 is 0. The highest BCUT2D eigenvalue weighted by molar-refractivity contribution is 4.48. The second-order valence-corrected chi connectivity index (χ2v) is 9.51. The summed E-state index contributed by atoms with van der Waals surface area (Å²) >= 11 is 0. The van der Waals surface area contributed by atoms with Gasteiger partial charge in [0.1, 0.15) is 0 Å². The van der Waals surface area contributed by atoms with Gasteiger partial charge in [0.2, 0.25) is 0 Å². The molecule has 0 nitrogen and oxygen atoms in total. The normalized spacial score (nSPS) is 10.4. The Morgan fingerprint density at radius 1 is 0.318 bits per heavy atom. The molecular weight excluding hydrogens is 264 g/mol. The van der Waals surface area contributed by atoms with Crippen LogP contribution in [0.5, 0.6) is 0 Å². The molecule has 0 unspecified atom stereocenters. The Kier molecular flexibility index (Phi) is 28.6. The van der Waals surface area contributed by atoms with Crippen molar-refractivity contribution >= 4 is 0 Å². The van der Waals surface area contributed by atoms with Gasteiger partial charge in [0.25, 0.3) is 0 Å². The van der Waals surface area contributed by atoms with Crippen molar-refractivity contribution in [3.8, 4) is 0 Å². The predicted octanol–water partition coefficient (Wildman–Crippen LogP) is 8.70. The Bertz CT molecular complexity index is 123. The maximum Gasteiger partial charge on any atom is -0.0469 e. The van der Waals surface area contributed by atoms with Crippen molar-refractivity contribution in [3.05, 3.63) is 0 Å². The van der Waals surface area contributed by atoms with Crippen molar-refractivity contribution in [1.29, 1.82) is 0 Å². The molecule has 0 N–H and O–H groups in total. The standard InChI is InChI=1S/2C7H16.2C4H10/c2*1-6(2)5-7(3)4;2*1-4(2)3/h2*6-7H,5H2,1-4H3;2*4H,1-3H3. The summed E-state index contributed by atoms with van der Waals surface area (Å²) in [7, 11) is 0. The van der Waals surface area contributed by atoms with E-state index in [1.807, 2.05) is 0 Å². The minimum absolute atomic E-state index is 0.833. The fraction of sp³-hybridized carbons (Fsp3) is 1.00. The van der Waals surface area contributed by atoms with Crippen molar-refractivity contribution in [3.63, 3.8) is 0 Å². The van der Waals surface area contributed by atoms with E-state index in [2.05, 4.69) is 96.9 Å². The minimum atomic E-state index is 0.833. The van der Waals surface area contributed by atoms with Gasteiger partial charge >= 0.3 is 0 Å². The maximum atomic E-state index is 2.26. The van der Waals surface area contributed by atoms with Crippen LogP contribution in [-0.2, 0) is 0 Å². The van der Waals surface area contributed by atoms with Crippen LogP contribution in [0.25, 0.3) is 0 Å². The van der Waals surface area contributed by atoms with E-state index in [4.69, 9.17) is 0 Å². The quantitative estimate of drug-likeness (QED) is 0.486. The Labute approximate surface area is 145 Å². The van der Waals surface area contributed by atoms with E-state index >= 15 is 0 Å². The molecule has 0 atom stereocenters. The molecule has 0 saturated heterocycles. The van der Waals surface area contributed by atoms with Gasteiger partial charge in [-0.15, -0.1) is 0 Å². The van der Waals surface area contributed by atoms with Crippen molar-refractivity contribution in [2.75, 3.05) is 0 Å². The van der Waals surface area contributed by atoms with Gasteiger partial charge < -0.3 is 0 Å². The van der Waals surface area contributed by atoms with Gasteiger partial charge in [-0.25, -0.2) is 0 Å². The average molecular weight is 317 g/mol. The molecule has 0 heteroatoms. The van der Waals surface area contributed by atoms with E-state index in [0.717, 1.165) is 35.5 Å². The molecule has 0 radical (unpaired) electrons. The van der Waals surface area contributed by atoms with Gasteiger partial charge in [-0.1, -0.05) is 96.9 Å². The van der Waals surface area contributed by atoms with Crippen LogP contribution in [0.15, 0.2) is 0 Å². The molecule has 0 aromatic carbocycles. The first-order valence-electron chi connectivity index (χ1n) is 9.72. The second-order valence-electron chi connectivity index (χ2n) is 9.51. The molecule has 0 aliphatic heterocycles. The van der Waals surface area contributed by atoms with E-state index < -0.39 is 0 Å². The second kappa shape index (κ2) is 21.0. The highest BCUT2D eigenvalue weighted by atomic mass is 14.0. The molecule has 22 heavy (non-hydrogen) atoms. The monoisotopic (exact) mass is 316 g/mol. The lowest BCUT2D eigenvalue weighted by atomic mass is 10.0. The zero-order valence-electron chi connectivity index (χ0n) is 18.9. The van der Waals surface area contributed by atoms with Crippen LogP contribution in [-0.4, -0.2) is 0 Å². The zero-order chi connectivity index (χ0) is 18.9. The molecule has 0 aromatic rings. The van der Waals surface area contributed by atoms with Crippen LogP contribution >= 0.6 is 0 Å². The zero-order valence-corrected chi connectivity index (χ0v) is 18.9. The first kappa shape index (κ1) is 29.9. The molecule has 0 aliphatic rings. The van der Waals surface area contributed by atoms with Crippen LogP contribution in [0.2, 0.25) is 0 Å². The van der Waals surface area contributed by atoms with Gasteiger partial charge in [-0.2, -0.15) is 0 Å². The fourth-order valence-electron chi connectivity index (χ4n) is 1.89. The molecule has 0 spiro atoms. The third kappa shape index (κ3) is 113. The number of rotatable bonds is 4. The highest BCUT2D eigenvalue weighted by Crippen LogP contribution is 2.08. The molecule has 140 valence electrons. The Hall–Kier alpha value is 0. The van der Waals surface area contributed by atoms with Gasteiger partial charge in [-0.05, 0) is 48.3 Å². The third-order valence-corrected chi connectivity index (χ3v) is 1.89. The van der Waals surface area contributed by atoms with Crippen LogP contribution in [0.4, 0.5) is 0 Å². The van der Waals surface area contributed by atoms with E-state index in [-0.39, 0.29) is 0 Å². The smallest absolute Gasteiger partial charge is 0.0469 e. The largest absolute Gasteiger partial charge is 0.0630 e. The topological polar surface area (TPSA) is 0 Å². The van der Waals surface area contributed by atoms with E-state index in [1.165, 1.54) is 12.8 Å². The Balaban J connectivity index is -0.000000102. The van der Waals surface area contributed by atoms with Gasteiger partial charge in [-0.3, -0.25) is 0 Å². The molecule has 0 heterocycles. The summed E-state index contributed by atoms with van der Waals surface area (Å²) in [5.41, 5.74) is 0. The molecule has 0 bridgehead atoms. The first-order valence-corrected chi connectivity index (χ1v) is 9.72. The minimum Gasteiger partial charge on any atom is -0.0630 e. The molecule has 0 rings (SSSR count). The summed E-state index contributed by atoms with van der Waals surface area (Å²) in [5.74, 6) is 5.17. The summed E-state index contributed by atoms with van der Waals surface area (Å²) in [6.07, 6.45) is 2.72. The van der Waals surface area contributed by atoms with Crippen LogP contribution < -0.4 is 0 Å². The number of hydrogen-bond acceptors (Lipinski definition) is 0. The van der Waals surface area contributed by atoms with E-state index in [9.17, 15) is 0 Å². The van der Waals surface area contributed by atoms with Crippen molar-refractivity contribution in [1.82, 2.24) is 0 Å². The molecule has 0 fully saturated rings. The van der Waals surface area contributed by atoms with Crippen LogP contribution in [0, 0.1) is 35.5 Å². The molecule has 0 aromatic heterocycles. The Morgan fingerprint density at radius 2 is 0.409 bits per heavy atom. The average Bonchev–Trinajstić information content (AvgIpc) is 2.10. The summed E-state index contributed by atoms with van der Waals surface area (Å²) in [6, 6.07) is 0.